The Morgan fingerprint density at radius 3 is 2.14 bits per heavy atom. The zero-order chi connectivity index (χ0) is 30.6. The molecule has 6 aliphatic heterocycles. The van der Waals surface area contributed by atoms with Crippen LogP contribution in [-0.4, -0.2) is 115 Å². The van der Waals surface area contributed by atoms with Crippen LogP contribution < -0.4 is 5.32 Å². The van der Waals surface area contributed by atoms with Gasteiger partial charge in [-0.1, -0.05) is 0 Å². The van der Waals surface area contributed by atoms with E-state index in [1.807, 2.05) is 4.90 Å². The van der Waals surface area contributed by atoms with Crippen molar-refractivity contribution in [1.82, 2.24) is 20.0 Å². The molecule has 0 saturated carbocycles. The van der Waals surface area contributed by atoms with Crippen molar-refractivity contribution in [2.75, 3.05) is 65.7 Å². The highest BCUT2D eigenvalue weighted by Crippen LogP contribution is 2.39. The lowest BCUT2D eigenvalue weighted by molar-refractivity contribution is -0.448. The monoisotopic (exact) mass is 608 g/mol. The number of nitrogens with zero attached hydrogens (tertiary/aromatic N) is 5. The molecular weight excluding hydrogens is 564 g/mol. The third kappa shape index (κ3) is 9.10. The summed E-state index contributed by atoms with van der Waals surface area (Å²) in [5.74, 6) is 2.47. The number of hydrogen-bond donors (Lipinski definition) is 1. The van der Waals surface area contributed by atoms with E-state index >= 15 is 0 Å². The molecule has 0 spiro atoms. The van der Waals surface area contributed by atoms with Gasteiger partial charge in [-0.2, -0.15) is 0 Å². The summed E-state index contributed by atoms with van der Waals surface area (Å²) in [6, 6.07) is 0. The third-order valence-electron chi connectivity index (χ3n) is 8.40. The first kappa shape index (κ1) is 32.6. The summed E-state index contributed by atoms with van der Waals surface area (Å²) < 4.78 is 16.6. The number of fused-ring (bicyclic) bond motifs is 4. The van der Waals surface area contributed by atoms with E-state index in [4.69, 9.17) is 14.2 Å². The van der Waals surface area contributed by atoms with Crippen LogP contribution in [0.25, 0.3) is 0 Å². The molecule has 5 fully saturated rings. The number of nitro groups is 2. The first-order chi connectivity index (χ1) is 20.9. The summed E-state index contributed by atoms with van der Waals surface area (Å²) in [6.07, 6.45) is 8.99. The number of ether oxygens (including phenoxy) is 3. The topological polar surface area (TPSA) is 170 Å². The van der Waals surface area contributed by atoms with Crippen LogP contribution in [0, 0.1) is 32.1 Å². The molecule has 15 nitrogen and oxygen atoms in total. The van der Waals surface area contributed by atoms with Crippen LogP contribution in [0.5, 0.6) is 0 Å². The van der Waals surface area contributed by atoms with Gasteiger partial charge >= 0.3 is 5.70 Å². The smallest absolute Gasteiger partial charge is 0.314 e. The highest BCUT2D eigenvalue weighted by molar-refractivity contribution is 5.52. The van der Waals surface area contributed by atoms with Gasteiger partial charge in [-0.05, 0) is 38.5 Å². The normalized spacial score (nSPS) is 28.5. The number of carbonyl (C=O) groups is 2. The van der Waals surface area contributed by atoms with Crippen LogP contribution in [-0.2, 0) is 23.8 Å². The standard InChI is InChI=1S/C14H21N3O4.C9H15N3O3.C5H8O2/c18-17(19)13-11-2-1-3-12(21-11)16-6-5-15(14(13)16)8-10-4-7-20-9-10;13-12(14)6-9-10-2-3-11(9)5-8-1-4-15-7-8;6-4-2-1-3-5-7/h10-12H,1-9H2;6,8,10H,1-5,7H2;4-5H,1-3H2/b;9-6+;. The van der Waals surface area contributed by atoms with Crippen molar-refractivity contribution < 1.29 is 33.6 Å². The van der Waals surface area contributed by atoms with Crippen molar-refractivity contribution in [2.24, 2.45) is 11.8 Å². The summed E-state index contributed by atoms with van der Waals surface area (Å²) in [7, 11) is 0. The number of unbranched alkanes of at least 4 members (excludes halogenated alkanes) is 2. The van der Waals surface area contributed by atoms with Crippen molar-refractivity contribution in [3.63, 3.8) is 0 Å². The van der Waals surface area contributed by atoms with E-state index in [2.05, 4.69) is 15.1 Å². The first-order valence-electron chi connectivity index (χ1n) is 15.3. The van der Waals surface area contributed by atoms with E-state index < -0.39 is 4.92 Å². The van der Waals surface area contributed by atoms with Crippen molar-refractivity contribution >= 4 is 12.6 Å². The van der Waals surface area contributed by atoms with Crippen molar-refractivity contribution in [3.05, 3.63) is 43.8 Å². The molecule has 6 aliphatic rings. The van der Waals surface area contributed by atoms with Gasteiger partial charge in [-0.15, -0.1) is 0 Å². The lowest BCUT2D eigenvalue weighted by atomic mass is 10.0. The van der Waals surface area contributed by atoms with Crippen LogP contribution >= 0.6 is 0 Å². The molecule has 6 heterocycles. The van der Waals surface area contributed by atoms with Crippen LogP contribution in [0.1, 0.15) is 51.4 Å². The van der Waals surface area contributed by atoms with Gasteiger partial charge in [0.05, 0.1) is 23.1 Å². The van der Waals surface area contributed by atoms with Crippen LogP contribution in [0.2, 0.25) is 0 Å². The van der Waals surface area contributed by atoms with Gasteiger partial charge in [0.25, 0.3) is 6.20 Å². The molecule has 0 aromatic heterocycles. The third-order valence-corrected chi connectivity index (χ3v) is 8.40. The quantitative estimate of drug-likeness (QED) is 0.164. The molecule has 4 unspecified atom stereocenters. The molecule has 4 atom stereocenters. The molecule has 5 saturated heterocycles. The van der Waals surface area contributed by atoms with Crippen molar-refractivity contribution in [2.45, 2.75) is 63.7 Å². The maximum atomic E-state index is 11.6. The number of nitrogens with one attached hydrogen (secondary N) is 1. The molecule has 0 aliphatic carbocycles. The van der Waals surface area contributed by atoms with Crippen molar-refractivity contribution in [1.29, 1.82) is 0 Å². The SMILES string of the molecule is O=CCCCC=O.O=[N+]([O-])/C=C1\NCCN1CC1CCOC1.O=[N+]([O-])C1=C2N(CC3CCOC3)CCN2C2CCCC1O2. The molecular formula is C28H44N6O9. The Kier molecular flexibility index (Phi) is 12.5. The number of carbonyl (C=O) groups excluding carboxylic acids is 2. The maximum absolute atomic E-state index is 11.6. The summed E-state index contributed by atoms with van der Waals surface area (Å²) in [4.78, 5) is 46.8. The minimum Gasteiger partial charge on any atom is -0.381 e. The van der Waals surface area contributed by atoms with Gasteiger partial charge in [-0.3, -0.25) is 20.2 Å². The lowest BCUT2D eigenvalue weighted by Gasteiger charge is -2.41. The summed E-state index contributed by atoms with van der Waals surface area (Å²) in [5, 5.41) is 25.0. The second kappa shape index (κ2) is 16.5. The molecule has 2 bridgehead atoms. The fourth-order valence-electron chi connectivity index (χ4n) is 6.30. The van der Waals surface area contributed by atoms with Gasteiger partial charge in [0.2, 0.25) is 0 Å². The van der Waals surface area contributed by atoms with Gasteiger partial charge in [0, 0.05) is 77.2 Å². The van der Waals surface area contributed by atoms with E-state index in [-0.39, 0.29) is 23.0 Å². The van der Waals surface area contributed by atoms with Gasteiger partial charge in [0.15, 0.2) is 17.7 Å². The van der Waals surface area contributed by atoms with Crippen LogP contribution in [0.15, 0.2) is 23.5 Å². The van der Waals surface area contributed by atoms with Gasteiger partial charge < -0.3 is 43.8 Å². The Bertz CT molecular complexity index is 1020. The summed E-state index contributed by atoms with van der Waals surface area (Å²) in [5.41, 5.74) is 0.280. The molecule has 0 amide bonds. The summed E-state index contributed by atoms with van der Waals surface area (Å²) in [6.45, 7) is 8.23. The van der Waals surface area contributed by atoms with Gasteiger partial charge in [-0.25, -0.2) is 0 Å². The van der Waals surface area contributed by atoms with Gasteiger partial charge in [0.1, 0.15) is 18.8 Å². The van der Waals surface area contributed by atoms with E-state index in [0.717, 1.165) is 122 Å². The molecule has 0 aromatic carbocycles. The van der Waals surface area contributed by atoms with Crippen molar-refractivity contribution in [3.8, 4) is 0 Å². The predicted molar refractivity (Wildman–Crippen MR) is 153 cm³/mol. The van der Waals surface area contributed by atoms with E-state index in [1.165, 1.54) is 0 Å². The van der Waals surface area contributed by atoms with E-state index in [9.17, 15) is 29.8 Å². The first-order valence-corrected chi connectivity index (χ1v) is 15.3. The van der Waals surface area contributed by atoms with Crippen LogP contribution in [0.4, 0.5) is 0 Å². The minimum absolute atomic E-state index is 0.0345. The maximum Gasteiger partial charge on any atom is 0.314 e. The summed E-state index contributed by atoms with van der Waals surface area (Å²) >= 11 is 0. The number of aldehydes is 2. The zero-order valence-electron chi connectivity index (χ0n) is 24.7. The molecule has 0 aromatic rings. The molecule has 240 valence electrons. The average molecular weight is 609 g/mol. The lowest BCUT2D eigenvalue weighted by Crippen LogP contribution is -2.49. The second-order valence-corrected chi connectivity index (χ2v) is 11.5. The largest absolute Gasteiger partial charge is 0.381 e. The molecule has 15 heteroatoms. The minimum atomic E-state index is -0.411. The Hall–Kier alpha value is -3.30. The average Bonchev–Trinajstić information content (AvgIpc) is 3.81. The van der Waals surface area contributed by atoms with Crippen LogP contribution in [0.3, 0.4) is 0 Å². The molecule has 6 rings (SSSR count). The Balaban J connectivity index is 0.000000168. The predicted octanol–water partition coefficient (Wildman–Crippen LogP) is 1.55. The Morgan fingerprint density at radius 1 is 0.884 bits per heavy atom. The second-order valence-electron chi connectivity index (χ2n) is 11.5. The fourth-order valence-corrected chi connectivity index (χ4v) is 6.30. The fraction of sp³-hybridized carbons (Fsp3) is 0.786. The molecule has 1 N–H and O–H groups in total. The Morgan fingerprint density at radius 2 is 1.56 bits per heavy atom. The highest BCUT2D eigenvalue weighted by Gasteiger charge is 2.49. The highest BCUT2D eigenvalue weighted by atomic mass is 16.6. The number of rotatable bonds is 10. The molecule has 0 radical (unpaired) electrons. The number of hydrogen-bond acceptors (Lipinski definition) is 13. The van der Waals surface area contributed by atoms with E-state index in [0.29, 0.717) is 36.9 Å². The molecule has 43 heavy (non-hydrogen) atoms. The Labute approximate surface area is 251 Å². The zero-order valence-corrected chi connectivity index (χ0v) is 24.7. The van der Waals surface area contributed by atoms with E-state index in [1.54, 1.807) is 0 Å².